The van der Waals surface area contributed by atoms with Crippen LogP contribution in [0.25, 0.3) is 5.52 Å². The molecule has 0 fully saturated rings. The van der Waals surface area contributed by atoms with Gasteiger partial charge in [-0.15, -0.1) is 0 Å². The highest BCUT2D eigenvalue weighted by Gasteiger charge is 2.37. The monoisotopic (exact) mass is 633 g/mol. The Hall–Kier alpha value is -4.51. The summed E-state index contributed by atoms with van der Waals surface area (Å²) in [6, 6.07) is 15.1. The van der Waals surface area contributed by atoms with Crippen LogP contribution in [0.15, 0.2) is 60.8 Å². The number of benzene rings is 1. The fourth-order valence-electron chi connectivity index (χ4n) is 4.93. The number of carboxylic acids is 1. The van der Waals surface area contributed by atoms with Gasteiger partial charge in [-0.2, -0.15) is 0 Å². The Morgan fingerprint density at radius 3 is 2.20 bits per heavy atom. The number of hydrogen-bond acceptors (Lipinski definition) is 7. The largest absolute Gasteiger partial charge is 0.487 e. The first kappa shape index (κ1) is 33.4. The molecule has 0 aliphatic carbocycles. The lowest BCUT2D eigenvalue weighted by molar-refractivity contribution is -0.146. The molecule has 0 unspecified atom stereocenters. The molecule has 0 saturated carbocycles. The van der Waals surface area contributed by atoms with Crippen LogP contribution < -0.4 is 9.04 Å². The Morgan fingerprint density at radius 1 is 1.00 bits per heavy atom. The summed E-state index contributed by atoms with van der Waals surface area (Å²) in [6.45, 7) is 10.5. The summed E-state index contributed by atoms with van der Waals surface area (Å²) in [7, 11) is -2.10. The van der Waals surface area contributed by atoms with E-state index in [1.165, 1.54) is 31.3 Å². The lowest BCUT2D eigenvalue weighted by Gasteiger charge is -2.22. The molecular weight excluding hydrogens is 594 g/mol. The number of aryl methyl sites for hydroxylation is 1. The zero-order chi connectivity index (χ0) is 33.5. The lowest BCUT2D eigenvalue weighted by atomic mass is 9.79. The van der Waals surface area contributed by atoms with E-state index in [1.54, 1.807) is 57.3 Å². The van der Waals surface area contributed by atoms with Crippen LogP contribution in [0.5, 0.6) is 5.75 Å². The van der Waals surface area contributed by atoms with Gasteiger partial charge in [-0.3, -0.25) is 23.7 Å². The predicted molar refractivity (Wildman–Crippen MR) is 173 cm³/mol. The normalized spacial score (nSPS) is 12.3. The second-order valence-corrected chi connectivity index (χ2v) is 14.9. The number of hydrogen-bond donors (Lipinski definition) is 1. The van der Waals surface area contributed by atoms with E-state index in [9.17, 15) is 27.9 Å². The number of ketones is 2. The third kappa shape index (κ3) is 7.09. The van der Waals surface area contributed by atoms with Crippen molar-refractivity contribution >= 4 is 38.8 Å². The maximum atomic E-state index is 14.3. The van der Waals surface area contributed by atoms with E-state index >= 15 is 0 Å². The van der Waals surface area contributed by atoms with Gasteiger partial charge < -0.3 is 14.2 Å². The van der Waals surface area contributed by atoms with Crippen molar-refractivity contribution in [3.8, 4) is 5.75 Å². The zero-order valence-electron chi connectivity index (χ0n) is 26.8. The molecule has 0 spiro atoms. The van der Waals surface area contributed by atoms with Crippen molar-refractivity contribution in [2.45, 2.75) is 54.6 Å². The van der Waals surface area contributed by atoms with Crippen LogP contribution in [0.2, 0.25) is 0 Å². The molecule has 4 aromatic rings. The zero-order valence-corrected chi connectivity index (χ0v) is 27.7. The van der Waals surface area contributed by atoms with Crippen molar-refractivity contribution in [3.05, 3.63) is 94.6 Å². The molecular formula is C34H39N3O7S. The summed E-state index contributed by atoms with van der Waals surface area (Å²) in [4.78, 5) is 45.1. The molecule has 3 heterocycles. The van der Waals surface area contributed by atoms with Crippen LogP contribution in [-0.4, -0.2) is 53.7 Å². The topological polar surface area (TPSA) is 135 Å². The van der Waals surface area contributed by atoms with E-state index in [0.717, 1.165) is 21.9 Å². The first-order valence-corrected chi connectivity index (χ1v) is 16.3. The number of fused-ring (bicyclic) bond motifs is 1. The van der Waals surface area contributed by atoms with E-state index in [-0.39, 0.29) is 35.6 Å². The Balaban J connectivity index is 1.93. The molecule has 0 saturated heterocycles. The summed E-state index contributed by atoms with van der Waals surface area (Å²) >= 11 is 0. The number of rotatable bonds is 11. The molecule has 238 valence electrons. The lowest BCUT2D eigenvalue weighted by Crippen LogP contribution is -2.29. The molecule has 0 aliphatic rings. The van der Waals surface area contributed by atoms with Gasteiger partial charge in [0.15, 0.2) is 5.78 Å². The summed E-state index contributed by atoms with van der Waals surface area (Å²) in [5.41, 5.74) is 1.16. The highest BCUT2D eigenvalue weighted by molar-refractivity contribution is 7.92. The number of Topliss-reactive ketones (excluding diaryl/α,β-unsaturated/α-hetero) is 1. The number of ether oxygens (including phenoxy) is 1. The number of nitrogens with zero attached hydrogens (tertiary/aromatic N) is 3. The molecule has 4 rings (SSSR count). The summed E-state index contributed by atoms with van der Waals surface area (Å²) in [5, 5.41) is 10.0. The first-order chi connectivity index (χ1) is 20.8. The van der Waals surface area contributed by atoms with Crippen molar-refractivity contribution in [1.82, 2.24) is 9.38 Å². The number of carbonyl (C=O) groups is 3. The third-order valence-electron chi connectivity index (χ3n) is 7.66. The minimum Gasteiger partial charge on any atom is -0.487 e. The van der Waals surface area contributed by atoms with E-state index in [0.29, 0.717) is 22.5 Å². The number of aromatic nitrogens is 2. The highest BCUT2D eigenvalue weighted by Crippen LogP contribution is 2.37. The smallest absolute Gasteiger partial charge is 0.309 e. The summed E-state index contributed by atoms with van der Waals surface area (Å²) < 4.78 is 32.8. The van der Waals surface area contributed by atoms with Crippen LogP contribution in [0.3, 0.4) is 0 Å². The van der Waals surface area contributed by atoms with Gasteiger partial charge in [-0.05, 0) is 75.2 Å². The van der Waals surface area contributed by atoms with Crippen LogP contribution in [0, 0.1) is 17.8 Å². The van der Waals surface area contributed by atoms with Gasteiger partial charge in [0, 0.05) is 41.5 Å². The van der Waals surface area contributed by atoms with Crippen LogP contribution in [0.4, 0.5) is 5.69 Å². The SMILES string of the molecule is Cc1cccc(COc2ccn3c(C(=O)c4ccc(N(C)S(C)(=O)=O)cc4)c(CC(C)(C)C(=O)O)c(C(=O)C(C)(C)C)c3c2)n1. The van der Waals surface area contributed by atoms with Crippen LogP contribution >= 0.6 is 0 Å². The number of carbonyl (C=O) groups excluding carboxylic acids is 2. The molecule has 1 N–H and O–H groups in total. The van der Waals surface area contributed by atoms with Crippen LogP contribution in [-0.2, 0) is 27.8 Å². The molecule has 0 atom stereocenters. The van der Waals surface area contributed by atoms with Crippen molar-refractivity contribution < 1.29 is 32.6 Å². The number of aliphatic carboxylic acids is 1. The summed E-state index contributed by atoms with van der Waals surface area (Å²) in [6.07, 6.45) is 2.63. The van der Waals surface area contributed by atoms with Crippen LogP contribution in [0.1, 0.15) is 78.0 Å². The fourth-order valence-corrected chi connectivity index (χ4v) is 5.43. The Bertz CT molecular complexity index is 1900. The van der Waals surface area contributed by atoms with E-state index in [4.69, 9.17) is 4.74 Å². The van der Waals surface area contributed by atoms with Gasteiger partial charge in [0.1, 0.15) is 12.4 Å². The minimum absolute atomic E-state index is 0.0967. The number of carboxylic acid groups (broad SMARTS) is 1. The van der Waals surface area contributed by atoms with E-state index in [1.807, 2.05) is 25.1 Å². The van der Waals surface area contributed by atoms with Gasteiger partial charge in [0.05, 0.1) is 34.3 Å². The van der Waals surface area contributed by atoms with Gasteiger partial charge in [-0.25, -0.2) is 8.42 Å². The maximum absolute atomic E-state index is 14.3. The number of sulfonamides is 1. The third-order valence-corrected chi connectivity index (χ3v) is 8.86. The minimum atomic E-state index is -3.52. The van der Waals surface area contributed by atoms with Crippen molar-refractivity contribution in [2.24, 2.45) is 10.8 Å². The fraction of sp³-hybridized carbons (Fsp3) is 0.353. The van der Waals surface area contributed by atoms with Gasteiger partial charge in [0.2, 0.25) is 15.8 Å². The average molecular weight is 634 g/mol. The summed E-state index contributed by atoms with van der Waals surface area (Å²) in [5.74, 6) is -1.33. The number of anilines is 1. The quantitative estimate of drug-likeness (QED) is 0.207. The highest BCUT2D eigenvalue weighted by atomic mass is 32.2. The second-order valence-electron chi connectivity index (χ2n) is 12.9. The molecule has 11 heteroatoms. The first-order valence-electron chi connectivity index (χ1n) is 14.4. The van der Waals surface area contributed by atoms with Gasteiger partial charge in [0.25, 0.3) is 0 Å². The second kappa shape index (κ2) is 12.1. The van der Waals surface area contributed by atoms with E-state index in [2.05, 4.69) is 4.98 Å². The molecule has 1 aromatic carbocycles. The maximum Gasteiger partial charge on any atom is 0.309 e. The predicted octanol–water partition coefficient (Wildman–Crippen LogP) is 5.73. The number of pyridine rings is 2. The molecule has 45 heavy (non-hydrogen) atoms. The Labute approximate surface area is 263 Å². The standard InChI is InChI=1S/C34H39N3O7S/c1-21-10-9-11-23(35-21)20-44-25-16-17-37-27(18-25)28(31(39)33(2,3)4)26(19-34(5,6)32(40)41)29(37)30(38)22-12-14-24(15-13-22)36(7)45(8,42)43/h9-18H,19-20H2,1-8H3,(H,40,41). The average Bonchev–Trinajstić information content (AvgIpc) is 3.25. The Kier molecular flexibility index (Phi) is 8.99. The molecule has 0 amide bonds. The van der Waals surface area contributed by atoms with Gasteiger partial charge in [-0.1, -0.05) is 26.8 Å². The molecule has 0 radical (unpaired) electrons. The van der Waals surface area contributed by atoms with Crippen molar-refractivity contribution in [2.75, 3.05) is 17.6 Å². The van der Waals surface area contributed by atoms with Crippen molar-refractivity contribution in [1.29, 1.82) is 0 Å². The molecule has 3 aromatic heterocycles. The molecule has 10 nitrogen and oxygen atoms in total. The molecule has 0 aliphatic heterocycles. The van der Waals surface area contributed by atoms with E-state index < -0.39 is 32.6 Å². The Morgan fingerprint density at radius 2 is 1.64 bits per heavy atom. The molecule has 0 bridgehead atoms. The van der Waals surface area contributed by atoms with Gasteiger partial charge >= 0.3 is 5.97 Å². The van der Waals surface area contributed by atoms with Crippen molar-refractivity contribution in [3.63, 3.8) is 0 Å².